The van der Waals surface area contributed by atoms with E-state index in [-0.39, 0.29) is 12.0 Å². The van der Waals surface area contributed by atoms with Gasteiger partial charge < -0.3 is 15.2 Å². The fraction of sp³-hybridized carbons (Fsp3) is 0.667. The molecule has 0 atom stereocenters. The topological polar surface area (TPSA) is 67.3 Å². The highest BCUT2D eigenvalue weighted by Gasteiger charge is 2.41. The lowest BCUT2D eigenvalue weighted by Gasteiger charge is -2.14. The Morgan fingerprint density at radius 3 is 2.82 bits per heavy atom. The highest BCUT2D eigenvalue weighted by atomic mass is 16.5. The molecule has 17 heavy (non-hydrogen) atoms. The van der Waals surface area contributed by atoms with Crippen molar-refractivity contribution >= 4 is 5.82 Å². The minimum absolute atomic E-state index is 0.0740. The zero-order valence-electron chi connectivity index (χ0n) is 10.4. The highest BCUT2D eigenvalue weighted by Crippen LogP contribution is 2.44. The van der Waals surface area contributed by atoms with Gasteiger partial charge in [0, 0.05) is 18.0 Å². The van der Waals surface area contributed by atoms with Crippen molar-refractivity contribution in [2.75, 3.05) is 25.1 Å². The van der Waals surface area contributed by atoms with Gasteiger partial charge in [-0.25, -0.2) is 4.98 Å². The maximum Gasteiger partial charge on any atom is 0.218 e. The van der Waals surface area contributed by atoms with Gasteiger partial charge in [-0.15, -0.1) is 0 Å². The summed E-state index contributed by atoms with van der Waals surface area (Å²) < 4.78 is 5.36. The van der Waals surface area contributed by atoms with Gasteiger partial charge in [0.2, 0.25) is 5.88 Å². The van der Waals surface area contributed by atoms with Crippen molar-refractivity contribution < 1.29 is 9.84 Å². The molecule has 5 heteroatoms. The van der Waals surface area contributed by atoms with Gasteiger partial charge in [-0.2, -0.15) is 4.98 Å². The summed E-state index contributed by atoms with van der Waals surface area (Å²) in [4.78, 5) is 8.48. The molecule has 1 aromatic heterocycles. The van der Waals surface area contributed by atoms with Gasteiger partial charge in [-0.3, -0.25) is 0 Å². The molecule has 5 nitrogen and oxygen atoms in total. The lowest BCUT2D eigenvalue weighted by molar-refractivity contribution is 0.219. The van der Waals surface area contributed by atoms with E-state index in [1.54, 1.807) is 6.07 Å². The van der Waals surface area contributed by atoms with Crippen molar-refractivity contribution in [1.29, 1.82) is 0 Å². The first-order chi connectivity index (χ1) is 8.17. The smallest absolute Gasteiger partial charge is 0.218 e. The van der Waals surface area contributed by atoms with E-state index in [1.165, 1.54) is 0 Å². The molecule has 1 fully saturated rings. The molecule has 0 aromatic carbocycles. The van der Waals surface area contributed by atoms with Crippen LogP contribution in [0.25, 0.3) is 0 Å². The summed E-state index contributed by atoms with van der Waals surface area (Å²) in [7, 11) is 0. The highest BCUT2D eigenvalue weighted by molar-refractivity contribution is 5.39. The zero-order chi connectivity index (χ0) is 12.3. The predicted octanol–water partition coefficient (Wildman–Crippen LogP) is 1.37. The molecule has 1 saturated carbocycles. The maximum atomic E-state index is 9.23. The lowest BCUT2D eigenvalue weighted by atomic mass is 10.1. The van der Waals surface area contributed by atoms with E-state index < -0.39 is 0 Å². The molecule has 0 amide bonds. The predicted molar refractivity (Wildman–Crippen MR) is 65.2 cm³/mol. The Morgan fingerprint density at radius 1 is 1.47 bits per heavy atom. The number of ether oxygens (including phenoxy) is 1. The summed E-state index contributed by atoms with van der Waals surface area (Å²) in [5.74, 6) is 2.05. The molecule has 0 aliphatic heterocycles. The van der Waals surface area contributed by atoms with Crippen LogP contribution in [0, 0.1) is 12.3 Å². The van der Waals surface area contributed by atoms with Crippen LogP contribution in [-0.4, -0.2) is 34.8 Å². The number of aromatic nitrogens is 2. The molecular formula is C12H19N3O2. The number of hydrogen-bond acceptors (Lipinski definition) is 5. The Morgan fingerprint density at radius 2 is 2.24 bits per heavy atom. The van der Waals surface area contributed by atoms with Gasteiger partial charge in [0.05, 0.1) is 13.2 Å². The van der Waals surface area contributed by atoms with Gasteiger partial charge in [0.1, 0.15) is 11.6 Å². The van der Waals surface area contributed by atoms with Crippen molar-refractivity contribution in [2.45, 2.75) is 26.7 Å². The minimum atomic E-state index is 0.0740. The van der Waals surface area contributed by atoms with E-state index in [9.17, 15) is 5.11 Å². The number of nitrogens with zero attached hydrogens (tertiary/aromatic N) is 2. The number of aliphatic hydroxyl groups is 1. The molecule has 2 rings (SSSR count). The molecule has 1 aliphatic carbocycles. The largest absolute Gasteiger partial charge is 0.478 e. The summed E-state index contributed by atoms with van der Waals surface area (Å²) in [6.07, 6.45) is 2.16. The number of hydrogen-bond donors (Lipinski definition) is 2. The number of rotatable bonds is 6. The fourth-order valence-corrected chi connectivity index (χ4v) is 1.70. The van der Waals surface area contributed by atoms with Crippen LogP contribution in [0.3, 0.4) is 0 Å². The Labute approximate surface area is 101 Å². The van der Waals surface area contributed by atoms with E-state index in [2.05, 4.69) is 15.3 Å². The Hall–Kier alpha value is -1.36. The van der Waals surface area contributed by atoms with E-state index in [1.807, 2.05) is 13.8 Å². The molecule has 0 spiro atoms. The second kappa shape index (κ2) is 4.87. The average molecular weight is 237 g/mol. The maximum absolute atomic E-state index is 9.23. The second-order valence-electron chi connectivity index (χ2n) is 4.58. The molecule has 1 aliphatic rings. The van der Waals surface area contributed by atoms with Crippen LogP contribution in [0.15, 0.2) is 6.07 Å². The van der Waals surface area contributed by atoms with E-state index in [4.69, 9.17) is 4.74 Å². The number of nitrogens with one attached hydrogen (secondary N) is 1. The van der Waals surface area contributed by atoms with Gasteiger partial charge in [-0.1, -0.05) is 0 Å². The zero-order valence-corrected chi connectivity index (χ0v) is 10.4. The number of aryl methyl sites for hydroxylation is 1. The van der Waals surface area contributed by atoms with Crippen molar-refractivity contribution in [1.82, 2.24) is 9.97 Å². The normalized spacial score (nSPS) is 16.6. The molecule has 1 heterocycles. The van der Waals surface area contributed by atoms with Crippen LogP contribution < -0.4 is 10.1 Å². The van der Waals surface area contributed by atoms with Crippen molar-refractivity contribution in [3.8, 4) is 5.88 Å². The van der Waals surface area contributed by atoms with Crippen molar-refractivity contribution in [2.24, 2.45) is 5.41 Å². The average Bonchev–Trinajstić information content (AvgIpc) is 3.07. The second-order valence-corrected chi connectivity index (χ2v) is 4.58. The number of aliphatic hydroxyl groups excluding tert-OH is 1. The van der Waals surface area contributed by atoms with Crippen LogP contribution in [0.4, 0.5) is 5.82 Å². The van der Waals surface area contributed by atoms with Crippen LogP contribution in [0.1, 0.15) is 25.6 Å². The van der Waals surface area contributed by atoms with E-state index in [0.717, 1.165) is 25.2 Å². The summed E-state index contributed by atoms with van der Waals surface area (Å²) >= 11 is 0. The van der Waals surface area contributed by atoms with E-state index >= 15 is 0 Å². The summed E-state index contributed by atoms with van der Waals surface area (Å²) in [6, 6.07) is 1.80. The molecule has 0 bridgehead atoms. The third-order valence-electron chi connectivity index (χ3n) is 3.04. The summed E-state index contributed by atoms with van der Waals surface area (Å²) in [5, 5.41) is 12.5. The SMILES string of the molecule is CCOc1cc(NCC2(CO)CC2)nc(C)n1. The molecule has 0 saturated heterocycles. The molecule has 2 N–H and O–H groups in total. The van der Waals surface area contributed by atoms with Gasteiger partial charge >= 0.3 is 0 Å². The fourth-order valence-electron chi connectivity index (χ4n) is 1.70. The molecule has 0 radical (unpaired) electrons. The standard InChI is InChI=1S/C12H19N3O2/c1-3-17-11-6-10(14-9(2)15-11)13-7-12(8-16)4-5-12/h6,16H,3-5,7-8H2,1-2H3,(H,13,14,15). The van der Waals surface area contributed by atoms with Crippen molar-refractivity contribution in [3.63, 3.8) is 0 Å². The first-order valence-corrected chi connectivity index (χ1v) is 6.01. The van der Waals surface area contributed by atoms with Crippen molar-refractivity contribution in [3.05, 3.63) is 11.9 Å². The van der Waals surface area contributed by atoms with E-state index in [0.29, 0.717) is 18.3 Å². The monoisotopic (exact) mass is 237 g/mol. The summed E-state index contributed by atoms with van der Waals surface area (Å²) in [6.45, 7) is 5.35. The Bertz CT molecular complexity index is 391. The molecule has 94 valence electrons. The van der Waals surface area contributed by atoms with Crippen LogP contribution in [0.5, 0.6) is 5.88 Å². The van der Waals surface area contributed by atoms with Gasteiger partial charge in [-0.05, 0) is 26.7 Å². The molecule has 0 unspecified atom stereocenters. The minimum Gasteiger partial charge on any atom is -0.478 e. The molecule has 1 aromatic rings. The Balaban J connectivity index is 2.00. The van der Waals surface area contributed by atoms with Crippen LogP contribution in [0.2, 0.25) is 0 Å². The first-order valence-electron chi connectivity index (χ1n) is 6.01. The quantitative estimate of drug-likeness (QED) is 0.782. The molecular weight excluding hydrogens is 218 g/mol. The third kappa shape index (κ3) is 3.06. The van der Waals surface area contributed by atoms with Crippen LogP contribution >= 0.6 is 0 Å². The first kappa shape index (κ1) is 12.1. The number of anilines is 1. The van der Waals surface area contributed by atoms with Gasteiger partial charge in [0.25, 0.3) is 0 Å². The van der Waals surface area contributed by atoms with Crippen LogP contribution in [-0.2, 0) is 0 Å². The van der Waals surface area contributed by atoms with Gasteiger partial charge in [0.15, 0.2) is 0 Å². The summed E-state index contributed by atoms with van der Waals surface area (Å²) in [5.41, 5.74) is 0.0740. The lowest BCUT2D eigenvalue weighted by Crippen LogP contribution is -2.19. The third-order valence-corrected chi connectivity index (χ3v) is 3.04. The Kier molecular flexibility index (Phi) is 3.47.